The van der Waals surface area contributed by atoms with Crippen LogP contribution in [0.15, 0.2) is 146 Å². The molecular formula is C43H32N2. The minimum absolute atomic E-state index is 1.04. The zero-order valence-corrected chi connectivity index (χ0v) is 25.2. The van der Waals surface area contributed by atoms with E-state index >= 15 is 0 Å². The van der Waals surface area contributed by atoms with Crippen molar-refractivity contribution in [3.63, 3.8) is 0 Å². The van der Waals surface area contributed by atoms with Gasteiger partial charge in [0.15, 0.2) is 0 Å². The van der Waals surface area contributed by atoms with Crippen LogP contribution in [0.5, 0.6) is 0 Å². The van der Waals surface area contributed by atoms with Gasteiger partial charge in [-0.15, -0.1) is 0 Å². The second-order valence-electron chi connectivity index (χ2n) is 12.2. The Bertz CT molecular complexity index is 2420. The smallest absolute Gasteiger partial charge is 0.0538 e. The summed E-state index contributed by atoms with van der Waals surface area (Å²) in [4.78, 5) is 0. The Morgan fingerprint density at radius 3 is 1.64 bits per heavy atom. The van der Waals surface area contributed by atoms with Crippen LogP contribution >= 0.6 is 0 Å². The molecule has 0 aliphatic heterocycles. The highest BCUT2D eigenvalue weighted by atomic mass is 15.0. The van der Waals surface area contributed by atoms with Crippen molar-refractivity contribution in [2.24, 2.45) is 7.05 Å². The van der Waals surface area contributed by atoms with Crippen LogP contribution in [0.3, 0.4) is 0 Å². The summed E-state index contributed by atoms with van der Waals surface area (Å²) in [5.41, 5.74) is 15.2. The Morgan fingerprint density at radius 1 is 0.467 bits per heavy atom. The molecule has 0 saturated carbocycles. The van der Waals surface area contributed by atoms with Crippen LogP contribution < -0.4 is 0 Å². The van der Waals surface area contributed by atoms with E-state index in [0.717, 1.165) is 12.8 Å². The quantitative estimate of drug-likeness (QED) is 0.197. The molecule has 0 bridgehead atoms. The highest BCUT2D eigenvalue weighted by Crippen LogP contribution is 2.39. The average molecular weight is 577 g/mol. The predicted molar refractivity (Wildman–Crippen MR) is 191 cm³/mol. The highest BCUT2D eigenvalue weighted by Gasteiger charge is 2.20. The normalized spacial score (nSPS) is 12.7. The van der Waals surface area contributed by atoms with Gasteiger partial charge in [0.1, 0.15) is 0 Å². The van der Waals surface area contributed by atoms with Gasteiger partial charge in [-0.2, -0.15) is 0 Å². The highest BCUT2D eigenvalue weighted by molar-refractivity contribution is 6.10. The van der Waals surface area contributed by atoms with Gasteiger partial charge in [0.25, 0.3) is 0 Å². The monoisotopic (exact) mass is 576 g/mol. The van der Waals surface area contributed by atoms with E-state index in [1.54, 1.807) is 0 Å². The SMILES string of the molecule is Cn1c2ccc(-c3ccccc3)cc2c2cc(-c3ccc4c(c3)c3c(n4-c4cccc(-c5ccccc5)c4)CCC=C3)ccc21. The summed E-state index contributed by atoms with van der Waals surface area (Å²) in [6.07, 6.45) is 6.77. The van der Waals surface area contributed by atoms with Crippen LogP contribution in [0.4, 0.5) is 0 Å². The molecule has 0 amide bonds. The van der Waals surface area contributed by atoms with Crippen molar-refractivity contribution in [3.05, 3.63) is 157 Å². The maximum atomic E-state index is 2.49. The van der Waals surface area contributed by atoms with Crippen LogP contribution in [0.1, 0.15) is 17.7 Å². The van der Waals surface area contributed by atoms with Crippen molar-refractivity contribution in [1.82, 2.24) is 9.13 Å². The Hall–Kier alpha value is -5.60. The molecule has 0 atom stereocenters. The van der Waals surface area contributed by atoms with Gasteiger partial charge < -0.3 is 9.13 Å². The van der Waals surface area contributed by atoms with Gasteiger partial charge in [0, 0.05) is 51.2 Å². The predicted octanol–water partition coefficient (Wildman–Crippen LogP) is 11.2. The van der Waals surface area contributed by atoms with Crippen molar-refractivity contribution < 1.29 is 0 Å². The maximum Gasteiger partial charge on any atom is 0.0538 e. The van der Waals surface area contributed by atoms with E-state index < -0.39 is 0 Å². The van der Waals surface area contributed by atoms with E-state index in [9.17, 15) is 0 Å². The van der Waals surface area contributed by atoms with E-state index in [1.807, 2.05) is 0 Å². The summed E-state index contributed by atoms with van der Waals surface area (Å²) < 4.78 is 4.81. The van der Waals surface area contributed by atoms with Gasteiger partial charge in [-0.05, 0) is 94.8 Å². The molecule has 2 heteroatoms. The molecule has 2 heterocycles. The number of hydrogen-bond acceptors (Lipinski definition) is 0. The van der Waals surface area contributed by atoms with Gasteiger partial charge in [-0.1, -0.05) is 103 Å². The molecule has 0 radical (unpaired) electrons. The third-order valence-electron chi connectivity index (χ3n) is 9.60. The first-order valence-corrected chi connectivity index (χ1v) is 15.8. The van der Waals surface area contributed by atoms with Gasteiger partial charge >= 0.3 is 0 Å². The second-order valence-corrected chi connectivity index (χ2v) is 12.2. The van der Waals surface area contributed by atoms with E-state index in [4.69, 9.17) is 0 Å². The van der Waals surface area contributed by atoms with Gasteiger partial charge in [-0.3, -0.25) is 0 Å². The van der Waals surface area contributed by atoms with Gasteiger partial charge in [-0.25, -0.2) is 0 Å². The lowest BCUT2D eigenvalue weighted by atomic mass is 9.97. The summed E-state index contributed by atoms with van der Waals surface area (Å²) in [7, 11) is 2.17. The van der Waals surface area contributed by atoms with E-state index in [2.05, 4.69) is 168 Å². The molecular weight excluding hydrogens is 544 g/mol. The Labute approximate surface area is 263 Å². The van der Waals surface area contributed by atoms with Crippen LogP contribution in [0.2, 0.25) is 0 Å². The number of aromatic nitrogens is 2. The maximum absolute atomic E-state index is 2.49. The lowest BCUT2D eigenvalue weighted by Gasteiger charge is -2.14. The van der Waals surface area contributed by atoms with Crippen molar-refractivity contribution in [2.75, 3.05) is 0 Å². The Balaban J connectivity index is 1.20. The molecule has 9 rings (SSSR count). The fourth-order valence-corrected chi connectivity index (χ4v) is 7.36. The summed E-state index contributed by atoms with van der Waals surface area (Å²) >= 11 is 0. The molecule has 0 N–H and O–H groups in total. The topological polar surface area (TPSA) is 9.86 Å². The summed E-state index contributed by atoms with van der Waals surface area (Å²) in [5.74, 6) is 0. The second kappa shape index (κ2) is 10.2. The molecule has 0 spiro atoms. The van der Waals surface area contributed by atoms with Crippen molar-refractivity contribution in [1.29, 1.82) is 0 Å². The average Bonchev–Trinajstić information content (AvgIpc) is 3.60. The van der Waals surface area contributed by atoms with E-state index in [0.29, 0.717) is 0 Å². The van der Waals surface area contributed by atoms with Crippen molar-refractivity contribution >= 4 is 38.8 Å². The zero-order valence-electron chi connectivity index (χ0n) is 25.2. The number of hydrogen-bond donors (Lipinski definition) is 0. The number of aryl methyl sites for hydroxylation is 1. The minimum atomic E-state index is 1.04. The number of allylic oxidation sites excluding steroid dienone is 1. The lowest BCUT2D eigenvalue weighted by Crippen LogP contribution is -2.03. The van der Waals surface area contributed by atoms with E-state index in [1.165, 1.54) is 83.0 Å². The Kier molecular flexibility index (Phi) is 5.89. The van der Waals surface area contributed by atoms with Gasteiger partial charge in [0.2, 0.25) is 0 Å². The fraction of sp³-hybridized carbons (Fsp3) is 0.0698. The third kappa shape index (κ3) is 4.17. The first kappa shape index (κ1) is 25.9. The van der Waals surface area contributed by atoms with Gasteiger partial charge in [0.05, 0.1) is 5.52 Å². The Morgan fingerprint density at radius 2 is 1.00 bits per heavy atom. The number of benzene rings is 6. The van der Waals surface area contributed by atoms with Crippen molar-refractivity contribution in [3.8, 4) is 39.1 Å². The molecule has 45 heavy (non-hydrogen) atoms. The molecule has 1 aliphatic rings. The standard InChI is InChI=1S/C43H32N2/c1-44-40-22-19-32(30-13-6-3-7-14-30)26-38(40)39-28-33(20-23-41(39)44)34-21-24-43-37(27-34)36-17-8-9-18-42(36)45(43)35-16-10-15-31(25-35)29-11-4-2-5-12-29/h2-8,10-17,19-28H,9,18H2,1H3. The molecule has 214 valence electrons. The largest absolute Gasteiger partial charge is 0.344 e. The van der Waals surface area contributed by atoms with Crippen molar-refractivity contribution in [2.45, 2.75) is 12.8 Å². The first-order valence-electron chi connectivity index (χ1n) is 15.8. The van der Waals surface area contributed by atoms with E-state index in [-0.39, 0.29) is 0 Å². The third-order valence-corrected chi connectivity index (χ3v) is 9.60. The zero-order chi connectivity index (χ0) is 29.9. The minimum Gasteiger partial charge on any atom is -0.344 e. The molecule has 0 unspecified atom stereocenters. The summed E-state index contributed by atoms with van der Waals surface area (Å²) in [6, 6.07) is 51.1. The number of fused-ring (bicyclic) bond motifs is 6. The fourth-order valence-electron chi connectivity index (χ4n) is 7.36. The number of rotatable bonds is 4. The van der Waals surface area contributed by atoms with Crippen LogP contribution in [0.25, 0.3) is 77.9 Å². The number of nitrogens with zero attached hydrogens (tertiary/aromatic N) is 2. The molecule has 2 aromatic heterocycles. The lowest BCUT2D eigenvalue weighted by molar-refractivity contribution is 0.889. The molecule has 1 aliphatic carbocycles. The summed E-state index contributed by atoms with van der Waals surface area (Å²) in [5, 5.41) is 3.90. The molecule has 2 nitrogen and oxygen atoms in total. The van der Waals surface area contributed by atoms with Crippen LogP contribution in [0, 0.1) is 0 Å². The van der Waals surface area contributed by atoms with Crippen LogP contribution in [-0.4, -0.2) is 9.13 Å². The molecule has 0 fully saturated rings. The van der Waals surface area contributed by atoms with Crippen LogP contribution in [-0.2, 0) is 13.5 Å². The first-order chi connectivity index (χ1) is 22.2. The molecule has 8 aromatic rings. The molecule has 6 aromatic carbocycles. The molecule has 0 saturated heterocycles. The summed E-state index contributed by atoms with van der Waals surface area (Å²) in [6.45, 7) is 0.